The van der Waals surface area contributed by atoms with Crippen molar-refractivity contribution in [1.29, 1.82) is 0 Å². The number of hydrogen-bond donors (Lipinski definition) is 3. The second-order valence-electron chi connectivity index (χ2n) is 9.86. The molecule has 1 aliphatic carbocycles. The fourth-order valence-corrected chi connectivity index (χ4v) is 5.95. The summed E-state index contributed by atoms with van der Waals surface area (Å²) < 4.78 is 16.8. The van der Waals surface area contributed by atoms with Gasteiger partial charge < -0.3 is 21.3 Å². The lowest BCUT2D eigenvalue weighted by molar-refractivity contribution is -0.122. The summed E-state index contributed by atoms with van der Waals surface area (Å²) in [6, 6.07) is 2.93. The molecule has 9 nitrogen and oxygen atoms in total. The van der Waals surface area contributed by atoms with Crippen molar-refractivity contribution in [2.24, 2.45) is 11.7 Å². The van der Waals surface area contributed by atoms with E-state index in [4.69, 9.17) is 38.9 Å². The Balaban J connectivity index is 1.50. The molecule has 1 amide bonds. The first-order valence-electron chi connectivity index (χ1n) is 12.8. The molecule has 3 heterocycles. The summed E-state index contributed by atoms with van der Waals surface area (Å²) in [7, 11) is 0. The molecule has 0 radical (unpaired) electrons. The van der Waals surface area contributed by atoms with Gasteiger partial charge in [-0.05, 0) is 63.7 Å². The summed E-state index contributed by atoms with van der Waals surface area (Å²) in [5, 5.41) is 6.91. The predicted molar refractivity (Wildman–Crippen MR) is 144 cm³/mol. The fraction of sp³-hybridized carbons (Fsp3) is 0.520. The zero-order valence-electron chi connectivity index (χ0n) is 20.7. The lowest BCUT2D eigenvalue weighted by Crippen LogP contribution is -2.42. The smallest absolute Gasteiger partial charge is 0.225 e. The predicted octanol–water partition coefficient (Wildman–Crippen LogP) is 5.13. The molecule has 1 aromatic carbocycles. The van der Waals surface area contributed by atoms with E-state index in [-0.39, 0.29) is 39.6 Å². The maximum Gasteiger partial charge on any atom is 0.225 e. The Morgan fingerprint density at radius 1 is 1.19 bits per heavy atom. The first-order chi connectivity index (χ1) is 17.8. The van der Waals surface area contributed by atoms with Crippen molar-refractivity contribution < 1.29 is 9.18 Å². The van der Waals surface area contributed by atoms with Gasteiger partial charge in [0, 0.05) is 29.6 Å². The number of anilines is 3. The van der Waals surface area contributed by atoms with Crippen LogP contribution in [0.25, 0.3) is 11.2 Å². The molecule has 0 spiro atoms. The molecule has 12 heteroatoms. The summed E-state index contributed by atoms with van der Waals surface area (Å²) in [6.07, 6.45) is 6.62. The quantitative estimate of drug-likeness (QED) is 0.375. The van der Waals surface area contributed by atoms with E-state index in [1.54, 1.807) is 6.20 Å². The molecule has 1 aliphatic heterocycles. The van der Waals surface area contributed by atoms with Crippen LogP contribution < -0.4 is 16.4 Å². The zero-order valence-corrected chi connectivity index (χ0v) is 22.2. The van der Waals surface area contributed by atoms with Gasteiger partial charge in [-0.3, -0.25) is 9.36 Å². The number of piperidine rings is 1. The number of fused-ring (bicyclic) bond motifs is 1. The third kappa shape index (κ3) is 5.61. The summed E-state index contributed by atoms with van der Waals surface area (Å²) in [4.78, 5) is 28.2. The zero-order chi connectivity index (χ0) is 26.1. The Morgan fingerprint density at radius 3 is 2.68 bits per heavy atom. The minimum absolute atomic E-state index is 0.00903. The number of hydrogen-bond acceptors (Lipinski definition) is 7. The number of carbonyl (C=O) groups is 1. The van der Waals surface area contributed by atoms with Crippen LogP contribution in [0.2, 0.25) is 10.0 Å². The number of nitrogens with two attached hydrogens (primary N) is 1. The SMILES string of the molecule is CCN1CCC[C@@H](Nc2ncc3nc(Nc4c(F)cc(Cl)cc4Cl)n([C@H]4CC[C@H](C(N)=O)CC4)c3n2)C1. The number of imidazole rings is 1. The van der Waals surface area contributed by atoms with Crippen molar-refractivity contribution >= 4 is 57.9 Å². The second kappa shape index (κ2) is 11.0. The van der Waals surface area contributed by atoms with Crippen LogP contribution in [0.3, 0.4) is 0 Å². The number of halogens is 3. The maximum absolute atomic E-state index is 14.8. The minimum atomic E-state index is -0.584. The summed E-state index contributed by atoms with van der Waals surface area (Å²) in [5.74, 6) is -0.0682. The Morgan fingerprint density at radius 2 is 1.97 bits per heavy atom. The van der Waals surface area contributed by atoms with Crippen LogP contribution in [-0.4, -0.2) is 56.0 Å². The molecule has 2 aliphatic rings. The molecular formula is C25H31Cl2FN8O. The number of rotatable bonds is 7. The molecule has 3 aromatic rings. The summed E-state index contributed by atoms with van der Waals surface area (Å²) in [5.41, 5.74) is 6.86. The highest BCUT2D eigenvalue weighted by atomic mass is 35.5. The van der Waals surface area contributed by atoms with Crippen LogP contribution in [0.4, 0.5) is 22.0 Å². The average Bonchev–Trinajstić information content (AvgIpc) is 3.23. The van der Waals surface area contributed by atoms with Gasteiger partial charge in [0.15, 0.2) is 5.65 Å². The Kier molecular flexibility index (Phi) is 7.69. The highest BCUT2D eigenvalue weighted by molar-refractivity contribution is 6.36. The number of amides is 1. The van der Waals surface area contributed by atoms with Gasteiger partial charge in [-0.15, -0.1) is 0 Å². The number of nitrogens with one attached hydrogen (secondary N) is 2. The maximum atomic E-state index is 14.8. The van der Waals surface area contributed by atoms with Gasteiger partial charge in [-0.2, -0.15) is 4.98 Å². The molecule has 1 saturated carbocycles. The molecule has 2 fully saturated rings. The monoisotopic (exact) mass is 548 g/mol. The Hall–Kier alpha value is -2.69. The standard InChI is InChI=1S/C25H31Cl2FN8O/c1-2-35-9-3-4-16(13-35)31-24-30-12-20-23(34-24)36(17-7-5-14(6-8-17)22(29)37)25(32-20)33-21-18(27)10-15(26)11-19(21)28/h10-12,14,16-17H,2-9,13H2,1H3,(H2,29,37)(H,32,33)(H,30,31,34)/t14-,16-,17-/m1/s1. The van der Waals surface area contributed by atoms with E-state index in [9.17, 15) is 9.18 Å². The summed E-state index contributed by atoms with van der Waals surface area (Å²) in [6.45, 7) is 5.22. The second-order valence-corrected chi connectivity index (χ2v) is 10.7. The Labute approximate surface area is 224 Å². The van der Waals surface area contributed by atoms with E-state index < -0.39 is 5.82 Å². The van der Waals surface area contributed by atoms with Gasteiger partial charge in [-0.1, -0.05) is 30.1 Å². The number of likely N-dealkylation sites (N-methyl/N-ethyl adjacent to an activating group) is 1. The molecular weight excluding hydrogens is 518 g/mol. The third-order valence-electron chi connectivity index (χ3n) is 7.43. The van der Waals surface area contributed by atoms with Crippen molar-refractivity contribution in [2.75, 3.05) is 30.3 Å². The number of carbonyl (C=O) groups excluding carboxylic acids is 1. The van der Waals surface area contributed by atoms with Crippen LogP contribution in [0, 0.1) is 11.7 Å². The van der Waals surface area contributed by atoms with Crippen molar-refractivity contribution in [3.05, 3.63) is 34.2 Å². The minimum Gasteiger partial charge on any atom is -0.369 e. The van der Waals surface area contributed by atoms with E-state index in [2.05, 4.69) is 27.4 Å². The van der Waals surface area contributed by atoms with E-state index in [0.717, 1.165) is 32.5 Å². The highest BCUT2D eigenvalue weighted by Gasteiger charge is 2.30. The van der Waals surface area contributed by atoms with Crippen LogP contribution in [0.5, 0.6) is 0 Å². The van der Waals surface area contributed by atoms with Crippen LogP contribution in [-0.2, 0) is 4.79 Å². The van der Waals surface area contributed by atoms with Gasteiger partial charge in [0.2, 0.25) is 17.8 Å². The van der Waals surface area contributed by atoms with E-state index in [0.29, 0.717) is 48.7 Å². The highest BCUT2D eigenvalue weighted by Crippen LogP contribution is 2.38. The topological polar surface area (TPSA) is 114 Å². The number of benzene rings is 1. The molecule has 37 heavy (non-hydrogen) atoms. The van der Waals surface area contributed by atoms with Crippen molar-refractivity contribution in [3.8, 4) is 0 Å². The molecule has 198 valence electrons. The molecule has 5 rings (SSSR count). The molecule has 0 unspecified atom stereocenters. The van der Waals surface area contributed by atoms with Gasteiger partial charge in [0.1, 0.15) is 11.3 Å². The van der Waals surface area contributed by atoms with Crippen LogP contribution in [0.1, 0.15) is 51.5 Å². The Bertz CT molecular complexity index is 1270. The largest absolute Gasteiger partial charge is 0.369 e. The number of nitrogens with zero attached hydrogens (tertiary/aromatic N) is 5. The average molecular weight is 549 g/mol. The lowest BCUT2D eigenvalue weighted by Gasteiger charge is -2.32. The van der Waals surface area contributed by atoms with E-state index in [1.807, 2.05) is 4.57 Å². The molecule has 0 bridgehead atoms. The van der Waals surface area contributed by atoms with Gasteiger partial charge >= 0.3 is 0 Å². The first-order valence-corrected chi connectivity index (χ1v) is 13.5. The van der Waals surface area contributed by atoms with Gasteiger partial charge in [-0.25, -0.2) is 14.4 Å². The van der Waals surface area contributed by atoms with Crippen LogP contribution in [0.15, 0.2) is 18.3 Å². The van der Waals surface area contributed by atoms with E-state index >= 15 is 0 Å². The van der Waals surface area contributed by atoms with E-state index in [1.165, 1.54) is 12.1 Å². The normalized spacial score (nSPS) is 22.8. The molecule has 2 aromatic heterocycles. The third-order valence-corrected chi connectivity index (χ3v) is 7.94. The molecule has 1 atom stereocenters. The number of likely N-dealkylation sites (tertiary alicyclic amines) is 1. The van der Waals surface area contributed by atoms with Crippen LogP contribution >= 0.6 is 23.2 Å². The van der Waals surface area contributed by atoms with Gasteiger partial charge in [0.05, 0.1) is 16.9 Å². The fourth-order valence-electron chi connectivity index (χ4n) is 5.43. The first kappa shape index (κ1) is 25.9. The van der Waals surface area contributed by atoms with Crippen molar-refractivity contribution in [2.45, 2.75) is 57.5 Å². The lowest BCUT2D eigenvalue weighted by atomic mass is 9.85. The number of primary amides is 1. The van der Waals surface area contributed by atoms with Gasteiger partial charge in [0.25, 0.3) is 0 Å². The summed E-state index contributed by atoms with van der Waals surface area (Å²) >= 11 is 12.3. The molecule has 4 N–H and O–H groups in total. The number of aromatic nitrogens is 4. The van der Waals surface area contributed by atoms with Crippen molar-refractivity contribution in [1.82, 2.24) is 24.4 Å². The van der Waals surface area contributed by atoms with Crippen molar-refractivity contribution in [3.63, 3.8) is 0 Å². The molecule has 1 saturated heterocycles.